The highest BCUT2D eigenvalue weighted by Gasteiger charge is 2.40. The summed E-state index contributed by atoms with van der Waals surface area (Å²) < 4.78 is 0. The maximum absolute atomic E-state index is 10.3. The molecule has 5 atom stereocenters. The van der Waals surface area contributed by atoms with Gasteiger partial charge in [0.15, 0.2) is 5.82 Å². The first-order valence-electron chi connectivity index (χ1n) is 10.9. The van der Waals surface area contributed by atoms with Crippen LogP contribution in [0.4, 0.5) is 0 Å². The second-order valence-corrected chi connectivity index (χ2v) is 8.21. The van der Waals surface area contributed by atoms with Gasteiger partial charge in [-0.1, -0.05) is 50.7 Å². The van der Waals surface area contributed by atoms with Gasteiger partial charge in [-0.25, -0.2) is 0 Å². The second kappa shape index (κ2) is 12.4. The monoisotopic (exact) mass is 382 g/mol. The number of tetrazole rings is 1. The van der Waals surface area contributed by atoms with E-state index in [1.165, 1.54) is 0 Å². The summed E-state index contributed by atoms with van der Waals surface area (Å²) in [6.07, 6.45) is 11.3. The third kappa shape index (κ3) is 7.84. The summed E-state index contributed by atoms with van der Waals surface area (Å²) in [7, 11) is 0. The number of hydrogen-bond donors (Lipinski definition) is 4. The first-order valence-corrected chi connectivity index (χ1v) is 10.9. The highest BCUT2D eigenvalue weighted by atomic mass is 16.3. The predicted molar refractivity (Wildman–Crippen MR) is 104 cm³/mol. The van der Waals surface area contributed by atoms with Crippen molar-refractivity contribution in [2.75, 3.05) is 0 Å². The third-order valence-electron chi connectivity index (χ3n) is 6.07. The van der Waals surface area contributed by atoms with Crippen LogP contribution in [0.25, 0.3) is 0 Å². The number of aryl methyl sites for hydroxylation is 1. The minimum atomic E-state index is -0.425. The Morgan fingerprint density at radius 2 is 1.70 bits per heavy atom. The van der Waals surface area contributed by atoms with Crippen LogP contribution in [0.5, 0.6) is 0 Å². The summed E-state index contributed by atoms with van der Waals surface area (Å²) >= 11 is 0. The fraction of sp³-hybridized carbons (Fsp3) is 0.950. The molecule has 1 aliphatic rings. The highest BCUT2D eigenvalue weighted by Crippen LogP contribution is 2.39. The molecule has 0 saturated heterocycles. The van der Waals surface area contributed by atoms with Gasteiger partial charge in [0.2, 0.25) is 0 Å². The van der Waals surface area contributed by atoms with E-state index in [1.54, 1.807) is 0 Å². The zero-order chi connectivity index (χ0) is 19.5. The zero-order valence-electron chi connectivity index (χ0n) is 16.8. The average molecular weight is 383 g/mol. The molecule has 0 amide bonds. The van der Waals surface area contributed by atoms with Crippen molar-refractivity contribution in [3.63, 3.8) is 0 Å². The van der Waals surface area contributed by atoms with Crippen molar-refractivity contribution in [3.05, 3.63) is 5.82 Å². The van der Waals surface area contributed by atoms with Crippen molar-refractivity contribution < 1.29 is 15.3 Å². The normalized spacial score (nSPS) is 26.5. The molecule has 7 heteroatoms. The van der Waals surface area contributed by atoms with Crippen LogP contribution < -0.4 is 0 Å². The lowest BCUT2D eigenvalue weighted by Crippen LogP contribution is -2.24. The number of nitrogens with one attached hydrogen (secondary N) is 1. The smallest absolute Gasteiger partial charge is 0.174 e. The van der Waals surface area contributed by atoms with E-state index in [2.05, 4.69) is 27.5 Å². The van der Waals surface area contributed by atoms with Crippen LogP contribution in [-0.4, -0.2) is 54.3 Å². The van der Waals surface area contributed by atoms with Gasteiger partial charge in [-0.05, 0) is 50.4 Å². The number of rotatable bonds is 14. The largest absolute Gasteiger partial charge is 0.393 e. The van der Waals surface area contributed by atoms with Crippen LogP contribution in [0.2, 0.25) is 0 Å². The fourth-order valence-electron chi connectivity index (χ4n) is 4.44. The summed E-state index contributed by atoms with van der Waals surface area (Å²) in [6.45, 7) is 2.17. The molecule has 7 nitrogen and oxygen atoms in total. The highest BCUT2D eigenvalue weighted by molar-refractivity contribution is 4.91. The molecule has 0 radical (unpaired) electrons. The van der Waals surface area contributed by atoms with Crippen molar-refractivity contribution in [3.8, 4) is 0 Å². The fourth-order valence-corrected chi connectivity index (χ4v) is 4.44. The molecule has 4 N–H and O–H groups in total. The minimum Gasteiger partial charge on any atom is -0.393 e. The van der Waals surface area contributed by atoms with Crippen molar-refractivity contribution in [1.29, 1.82) is 0 Å². The Bertz CT molecular complexity index is 486. The predicted octanol–water partition coefficient (Wildman–Crippen LogP) is 2.77. The molecule has 156 valence electrons. The van der Waals surface area contributed by atoms with E-state index in [0.29, 0.717) is 6.42 Å². The minimum absolute atomic E-state index is 0.125. The van der Waals surface area contributed by atoms with Crippen LogP contribution in [0.1, 0.15) is 89.8 Å². The zero-order valence-corrected chi connectivity index (χ0v) is 16.8. The van der Waals surface area contributed by atoms with Crippen LogP contribution in [0.15, 0.2) is 0 Å². The second-order valence-electron chi connectivity index (χ2n) is 8.21. The number of unbranched alkanes of at least 4 members (excludes halogenated alkanes) is 5. The summed E-state index contributed by atoms with van der Waals surface area (Å²) in [5, 5.41) is 44.8. The molecular formula is C20H38N4O3. The Morgan fingerprint density at radius 3 is 2.41 bits per heavy atom. The molecule has 1 fully saturated rings. The van der Waals surface area contributed by atoms with Gasteiger partial charge in [0.05, 0.1) is 18.3 Å². The maximum Gasteiger partial charge on any atom is 0.174 e. The van der Waals surface area contributed by atoms with Gasteiger partial charge in [-0.15, -0.1) is 10.2 Å². The molecule has 0 aromatic carbocycles. The first-order chi connectivity index (χ1) is 13.1. The lowest BCUT2D eigenvalue weighted by atomic mass is 9.84. The van der Waals surface area contributed by atoms with Crippen LogP contribution in [-0.2, 0) is 6.42 Å². The summed E-state index contributed by atoms with van der Waals surface area (Å²) in [4.78, 5) is 0. The molecule has 1 aromatic heterocycles. The number of hydrogen-bond acceptors (Lipinski definition) is 6. The van der Waals surface area contributed by atoms with Crippen molar-refractivity contribution in [2.24, 2.45) is 11.8 Å². The lowest BCUT2D eigenvalue weighted by Gasteiger charge is -2.24. The molecule has 0 bridgehead atoms. The Labute approximate surface area is 163 Å². The molecule has 0 spiro atoms. The van der Waals surface area contributed by atoms with Crippen LogP contribution >= 0.6 is 0 Å². The van der Waals surface area contributed by atoms with Gasteiger partial charge >= 0.3 is 0 Å². The Morgan fingerprint density at radius 1 is 0.963 bits per heavy atom. The van der Waals surface area contributed by atoms with Crippen molar-refractivity contribution in [2.45, 2.75) is 109 Å². The van der Waals surface area contributed by atoms with Gasteiger partial charge in [0.25, 0.3) is 0 Å². The average Bonchev–Trinajstić information content (AvgIpc) is 3.24. The SMILES string of the molecule is CCCCCC(O)CCC1C(O)CC(O)C1CCCCCCc1nn[nH]n1. The summed E-state index contributed by atoms with van der Waals surface area (Å²) in [5.41, 5.74) is 0. The van der Waals surface area contributed by atoms with E-state index in [4.69, 9.17) is 0 Å². The van der Waals surface area contributed by atoms with E-state index in [-0.39, 0.29) is 17.9 Å². The Balaban J connectivity index is 1.63. The third-order valence-corrected chi connectivity index (χ3v) is 6.07. The molecule has 2 rings (SSSR count). The van der Waals surface area contributed by atoms with Crippen LogP contribution in [0.3, 0.4) is 0 Å². The standard InChI is InChI=1S/C20H38N4O3/c1-2-3-6-9-15(25)12-13-17-16(18(26)14-19(17)27)10-7-4-5-8-11-20-21-23-24-22-20/h15-19,25-27H,2-14H2,1H3,(H,21,22,23,24). The van der Waals surface area contributed by atoms with E-state index in [0.717, 1.165) is 82.9 Å². The molecule has 27 heavy (non-hydrogen) atoms. The number of H-pyrrole nitrogens is 1. The van der Waals surface area contributed by atoms with Crippen molar-refractivity contribution >= 4 is 0 Å². The number of nitrogens with zero attached hydrogens (tertiary/aromatic N) is 3. The molecule has 1 aliphatic carbocycles. The number of aliphatic hydroxyl groups excluding tert-OH is 3. The summed E-state index contributed by atoms with van der Waals surface area (Å²) in [5.74, 6) is 1.06. The topological polar surface area (TPSA) is 115 Å². The molecular weight excluding hydrogens is 344 g/mol. The molecule has 5 unspecified atom stereocenters. The summed E-state index contributed by atoms with van der Waals surface area (Å²) in [6, 6.07) is 0. The van der Waals surface area contributed by atoms with Gasteiger partial charge in [0.1, 0.15) is 0 Å². The lowest BCUT2D eigenvalue weighted by molar-refractivity contribution is 0.0799. The number of aromatic nitrogens is 4. The number of aliphatic hydroxyl groups is 3. The van der Waals surface area contributed by atoms with E-state index >= 15 is 0 Å². The Hall–Kier alpha value is -1.05. The number of aromatic amines is 1. The van der Waals surface area contributed by atoms with Crippen LogP contribution in [0, 0.1) is 11.8 Å². The van der Waals surface area contributed by atoms with Gasteiger partial charge < -0.3 is 15.3 Å². The first kappa shape index (κ1) is 22.2. The van der Waals surface area contributed by atoms with E-state index in [9.17, 15) is 15.3 Å². The quantitative estimate of drug-likeness (QED) is 0.368. The van der Waals surface area contributed by atoms with E-state index in [1.807, 2.05) is 0 Å². The van der Waals surface area contributed by atoms with Gasteiger partial charge in [0, 0.05) is 6.42 Å². The molecule has 0 aliphatic heterocycles. The molecule has 1 saturated carbocycles. The van der Waals surface area contributed by atoms with Crippen molar-refractivity contribution in [1.82, 2.24) is 20.6 Å². The van der Waals surface area contributed by atoms with Gasteiger partial charge in [-0.3, -0.25) is 0 Å². The molecule has 1 heterocycles. The Kier molecular flexibility index (Phi) is 10.2. The van der Waals surface area contributed by atoms with Gasteiger partial charge in [-0.2, -0.15) is 5.21 Å². The van der Waals surface area contributed by atoms with E-state index < -0.39 is 12.2 Å². The maximum atomic E-state index is 10.3. The molecule has 1 aromatic rings.